The Morgan fingerprint density at radius 2 is 1.82 bits per heavy atom. The monoisotopic (exact) mass is 231 g/mol. The lowest BCUT2D eigenvalue weighted by atomic mass is 9.93. The molecule has 94 valence electrons. The highest BCUT2D eigenvalue weighted by Crippen LogP contribution is 2.23. The third-order valence-electron chi connectivity index (χ3n) is 3.99. The number of hydrogen-bond donors (Lipinski definition) is 1. The molecule has 1 nitrogen and oxygen atoms in total. The topological polar surface area (TPSA) is 12.0 Å². The fourth-order valence-electron chi connectivity index (χ4n) is 2.94. The van der Waals surface area contributed by atoms with Gasteiger partial charge < -0.3 is 5.32 Å². The molecule has 0 heterocycles. The fourth-order valence-corrected chi connectivity index (χ4v) is 2.94. The van der Waals surface area contributed by atoms with Crippen LogP contribution in [0.1, 0.15) is 61.8 Å². The van der Waals surface area contributed by atoms with Gasteiger partial charge in [-0.05, 0) is 44.7 Å². The quantitative estimate of drug-likeness (QED) is 0.818. The van der Waals surface area contributed by atoms with Crippen molar-refractivity contribution >= 4 is 0 Å². The van der Waals surface area contributed by atoms with E-state index in [9.17, 15) is 0 Å². The van der Waals surface area contributed by atoms with Gasteiger partial charge in [0, 0.05) is 12.1 Å². The van der Waals surface area contributed by atoms with Crippen LogP contribution in [0.15, 0.2) is 18.2 Å². The molecule has 0 spiro atoms. The molecule has 1 unspecified atom stereocenters. The Hall–Kier alpha value is -0.820. The van der Waals surface area contributed by atoms with Crippen molar-refractivity contribution in [2.45, 2.75) is 65.0 Å². The molecule has 0 bridgehead atoms. The van der Waals surface area contributed by atoms with Crippen molar-refractivity contribution in [3.8, 4) is 0 Å². The maximum absolute atomic E-state index is 3.80. The Kier molecular flexibility index (Phi) is 4.22. The Balaban J connectivity index is 2.02. The second-order valence-corrected chi connectivity index (χ2v) is 5.58. The Morgan fingerprint density at radius 3 is 2.53 bits per heavy atom. The fraction of sp³-hybridized carbons (Fsp3) is 0.625. The van der Waals surface area contributed by atoms with Crippen molar-refractivity contribution < 1.29 is 0 Å². The van der Waals surface area contributed by atoms with Gasteiger partial charge in [-0.1, -0.05) is 43.0 Å². The average Bonchev–Trinajstić information content (AvgIpc) is 2.33. The Morgan fingerprint density at radius 1 is 1.12 bits per heavy atom. The van der Waals surface area contributed by atoms with Gasteiger partial charge in [0.1, 0.15) is 0 Å². The van der Waals surface area contributed by atoms with E-state index < -0.39 is 0 Å². The van der Waals surface area contributed by atoms with Crippen LogP contribution in [0.2, 0.25) is 0 Å². The van der Waals surface area contributed by atoms with Gasteiger partial charge in [-0.25, -0.2) is 0 Å². The molecular formula is C16H25N. The van der Waals surface area contributed by atoms with Crippen molar-refractivity contribution in [1.29, 1.82) is 0 Å². The lowest BCUT2D eigenvalue weighted by molar-refractivity contribution is 0.346. The van der Waals surface area contributed by atoms with E-state index in [2.05, 4.69) is 44.3 Å². The van der Waals surface area contributed by atoms with Crippen LogP contribution in [0.4, 0.5) is 0 Å². The number of aryl methyl sites for hydroxylation is 2. The Bertz CT molecular complexity index is 364. The molecule has 1 aliphatic carbocycles. The van der Waals surface area contributed by atoms with E-state index in [1.807, 2.05) is 0 Å². The first-order valence-electron chi connectivity index (χ1n) is 7.00. The molecule has 1 fully saturated rings. The molecule has 0 amide bonds. The van der Waals surface area contributed by atoms with E-state index in [-0.39, 0.29) is 0 Å². The highest BCUT2D eigenvalue weighted by Gasteiger charge is 2.17. The van der Waals surface area contributed by atoms with Crippen molar-refractivity contribution in [1.82, 2.24) is 5.32 Å². The molecule has 0 aliphatic heterocycles. The molecule has 1 heteroatoms. The molecule has 0 aromatic heterocycles. The number of benzene rings is 1. The molecule has 0 radical (unpaired) electrons. The molecule has 1 N–H and O–H groups in total. The van der Waals surface area contributed by atoms with E-state index in [0.29, 0.717) is 6.04 Å². The normalized spacial score (nSPS) is 19.2. The summed E-state index contributed by atoms with van der Waals surface area (Å²) in [6.45, 7) is 6.69. The van der Waals surface area contributed by atoms with Crippen LogP contribution in [-0.2, 0) is 0 Å². The molecule has 1 atom stereocenters. The third-order valence-corrected chi connectivity index (χ3v) is 3.99. The molecule has 1 aromatic carbocycles. The Labute approximate surface area is 106 Å². The maximum atomic E-state index is 3.80. The summed E-state index contributed by atoms with van der Waals surface area (Å²) in [4.78, 5) is 0. The summed E-state index contributed by atoms with van der Waals surface area (Å²) in [6.07, 6.45) is 6.94. The van der Waals surface area contributed by atoms with Crippen LogP contribution < -0.4 is 5.32 Å². The molecular weight excluding hydrogens is 206 g/mol. The smallest absolute Gasteiger partial charge is 0.0297 e. The van der Waals surface area contributed by atoms with Crippen LogP contribution in [0.25, 0.3) is 0 Å². The van der Waals surface area contributed by atoms with Gasteiger partial charge >= 0.3 is 0 Å². The zero-order valence-electron chi connectivity index (χ0n) is 11.4. The standard InChI is InChI=1S/C16H25N/c1-12-9-10-13(2)16(11-12)14(3)17-15-7-5-4-6-8-15/h9-11,14-15,17H,4-8H2,1-3H3. The third kappa shape index (κ3) is 3.32. The minimum Gasteiger partial charge on any atom is -0.307 e. The molecule has 0 saturated heterocycles. The van der Waals surface area contributed by atoms with E-state index in [1.165, 1.54) is 48.8 Å². The van der Waals surface area contributed by atoms with Gasteiger partial charge in [-0.2, -0.15) is 0 Å². The van der Waals surface area contributed by atoms with E-state index in [1.54, 1.807) is 0 Å². The summed E-state index contributed by atoms with van der Waals surface area (Å²) in [5.74, 6) is 0. The van der Waals surface area contributed by atoms with Crippen molar-refractivity contribution in [3.05, 3.63) is 34.9 Å². The second kappa shape index (κ2) is 5.68. The first kappa shape index (κ1) is 12.6. The molecule has 1 aliphatic rings. The van der Waals surface area contributed by atoms with Crippen molar-refractivity contribution in [3.63, 3.8) is 0 Å². The first-order valence-corrected chi connectivity index (χ1v) is 7.00. The van der Waals surface area contributed by atoms with Gasteiger partial charge in [-0.15, -0.1) is 0 Å². The van der Waals surface area contributed by atoms with E-state index in [0.717, 1.165) is 6.04 Å². The average molecular weight is 231 g/mol. The van der Waals surface area contributed by atoms with Crippen LogP contribution in [0.5, 0.6) is 0 Å². The van der Waals surface area contributed by atoms with Crippen molar-refractivity contribution in [2.24, 2.45) is 0 Å². The summed E-state index contributed by atoms with van der Waals surface area (Å²) >= 11 is 0. The minimum atomic E-state index is 0.484. The number of nitrogens with one attached hydrogen (secondary N) is 1. The van der Waals surface area contributed by atoms with Crippen molar-refractivity contribution in [2.75, 3.05) is 0 Å². The van der Waals surface area contributed by atoms with Gasteiger partial charge in [0.25, 0.3) is 0 Å². The van der Waals surface area contributed by atoms with Gasteiger partial charge in [-0.3, -0.25) is 0 Å². The number of rotatable bonds is 3. The molecule has 2 rings (SSSR count). The molecule has 1 saturated carbocycles. The zero-order chi connectivity index (χ0) is 12.3. The van der Waals surface area contributed by atoms with Crippen LogP contribution in [-0.4, -0.2) is 6.04 Å². The predicted molar refractivity (Wildman–Crippen MR) is 74.3 cm³/mol. The SMILES string of the molecule is Cc1ccc(C)c(C(C)NC2CCCCC2)c1. The summed E-state index contributed by atoms with van der Waals surface area (Å²) in [6, 6.07) is 7.99. The lowest BCUT2D eigenvalue weighted by Crippen LogP contribution is -2.33. The van der Waals surface area contributed by atoms with Gasteiger partial charge in [0.15, 0.2) is 0 Å². The predicted octanol–water partition coefficient (Wildman–Crippen LogP) is 4.29. The summed E-state index contributed by atoms with van der Waals surface area (Å²) in [5.41, 5.74) is 4.24. The summed E-state index contributed by atoms with van der Waals surface area (Å²) < 4.78 is 0. The zero-order valence-corrected chi connectivity index (χ0v) is 11.4. The maximum Gasteiger partial charge on any atom is 0.0297 e. The minimum absolute atomic E-state index is 0.484. The first-order chi connectivity index (χ1) is 8.16. The highest BCUT2D eigenvalue weighted by atomic mass is 14.9. The molecule has 1 aromatic rings. The molecule has 17 heavy (non-hydrogen) atoms. The largest absolute Gasteiger partial charge is 0.307 e. The number of hydrogen-bond acceptors (Lipinski definition) is 1. The lowest BCUT2D eigenvalue weighted by Gasteiger charge is -2.27. The van der Waals surface area contributed by atoms with Crippen LogP contribution in [0, 0.1) is 13.8 Å². The van der Waals surface area contributed by atoms with Gasteiger partial charge in [0.05, 0.1) is 0 Å². The highest BCUT2D eigenvalue weighted by molar-refractivity contribution is 5.32. The van der Waals surface area contributed by atoms with Gasteiger partial charge in [0.2, 0.25) is 0 Å². The summed E-state index contributed by atoms with van der Waals surface area (Å²) in [7, 11) is 0. The summed E-state index contributed by atoms with van der Waals surface area (Å²) in [5, 5.41) is 3.80. The van der Waals surface area contributed by atoms with Crippen LogP contribution in [0.3, 0.4) is 0 Å². The van der Waals surface area contributed by atoms with E-state index in [4.69, 9.17) is 0 Å². The van der Waals surface area contributed by atoms with Crippen LogP contribution >= 0.6 is 0 Å². The van der Waals surface area contributed by atoms with E-state index >= 15 is 0 Å². The second-order valence-electron chi connectivity index (χ2n) is 5.58.